The first-order valence-electron chi connectivity index (χ1n) is 3.40. The quantitative estimate of drug-likeness (QED) is 0.402. The second kappa shape index (κ2) is 3.08. The van der Waals surface area contributed by atoms with Crippen LogP contribution in [0.4, 0.5) is 0 Å². The van der Waals surface area contributed by atoms with Gasteiger partial charge in [-0.05, 0) is 17.4 Å². The van der Waals surface area contributed by atoms with Gasteiger partial charge in [-0.25, -0.2) is 0 Å². The SMILES string of the molecule is [C]#C[SiH2]C(C)(C)C(C)C. The molecule has 0 nitrogen and oxygen atoms in total. The summed E-state index contributed by atoms with van der Waals surface area (Å²) in [5.74, 6) is 0.696. The van der Waals surface area contributed by atoms with Crippen LogP contribution in [0, 0.1) is 17.9 Å². The molecule has 0 rings (SSSR count). The molecule has 0 aliphatic rings. The highest BCUT2D eigenvalue weighted by Crippen LogP contribution is 2.31. The molecular formula is C8H15Si. The van der Waals surface area contributed by atoms with E-state index in [0.717, 1.165) is 0 Å². The minimum atomic E-state index is -0.381. The molecule has 0 bridgehead atoms. The summed E-state index contributed by atoms with van der Waals surface area (Å²) in [6, 6.07) is 0. The van der Waals surface area contributed by atoms with Crippen molar-refractivity contribution in [3.8, 4) is 5.54 Å². The topological polar surface area (TPSA) is 0 Å². The van der Waals surface area contributed by atoms with Gasteiger partial charge in [0, 0.05) is 0 Å². The van der Waals surface area contributed by atoms with Crippen molar-refractivity contribution >= 4 is 9.52 Å². The zero-order valence-corrected chi connectivity index (χ0v) is 8.20. The van der Waals surface area contributed by atoms with Gasteiger partial charge in [-0.3, -0.25) is 0 Å². The van der Waals surface area contributed by atoms with Crippen molar-refractivity contribution in [1.82, 2.24) is 0 Å². The molecule has 0 aromatic carbocycles. The van der Waals surface area contributed by atoms with E-state index in [2.05, 4.69) is 33.2 Å². The molecule has 0 aliphatic heterocycles. The van der Waals surface area contributed by atoms with E-state index in [1.165, 1.54) is 0 Å². The molecule has 0 atom stereocenters. The molecule has 0 spiro atoms. The Morgan fingerprint density at radius 2 is 1.89 bits per heavy atom. The minimum absolute atomic E-state index is 0.381. The van der Waals surface area contributed by atoms with Crippen molar-refractivity contribution in [2.75, 3.05) is 0 Å². The van der Waals surface area contributed by atoms with Crippen molar-refractivity contribution in [3.63, 3.8) is 0 Å². The lowest BCUT2D eigenvalue weighted by Crippen LogP contribution is -2.17. The Labute approximate surface area is 60.9 Å². The highest BCUT2D eigenvalue weighted by atomic mass is 28.2. The largest absolute Gasteiger partial charge is 0.125 e. The highest BCUT2D eigenvalue weighted by Gasteiger charge is 2.20. The predicted molar refractivity (Wildman–Crippen MR) is 44.6 cm³/mol. The molecule has 0 aromatic heterocycles. The van der Waals surface area contributed by atoms with E-state index < -0.39 is 0 Å². The smallest absolute Gasteiger partial charge is 0.114 e. The van der Waals surface area contributed by atoms with Crippen LogP contribution in [-0.4, -0.2) is 9.52 Å². The lowest BCUT2D eigenvalue weighted by molar-refractivity contribution is 0.477. The third-order valence-electron chi connectivity index (χ3n) is 2.11. The van der Waals surface area contributed by atoms with Gasteiger partial charge in [-0.15, -0.1) is 5.54 Å². The molecule has 9 heavy (non-hydrogen) atoms. The Morgan fingerprint density at radius 3 is 2.00 bits per heavy atom. The lowest BCUT2D eigenvalue weighted by atomic mass is 9.99. The molecule has 0 aliphatic carbocycles. The van der Waals surface area contributed by atoms with E-state index in [1.54, 1.807) is 0 Å². The van der Waals surface area contributed by atoms with E-state index >= 15 is 0 Å². The summed E-state index contributed by atoms with van der Waals surface area (Å²) in [6.45, 7) is 8.88. The Hall–Kier alpha value is -0.223. The first-order valence-corrected chi connectivity index (χ1v) is 4.81. The lowest BCUT2D eigenvalue weighted by Gasteiger charge is -2.25. The molecule has 51 valence electrons. The standard InChI is InChI=1S/C8H15Si/c1-6-9-8(4,5)7(2)3/h7H,9H2,2-5H3. The van der Waals surface area contributed by atoms with E-state index in [0.29, 0.717) is 11.0 Å². The fourth-order valence-electron chi connectivity index (χ4n) is 0.432. The second-order valence-electron chi connectivity index (χ2n) is 3.50. The molecular weight excluding hydrogens is 124 g/mol. The number of hydrogen-bond donors (Lipinski definition) is 0. The third-order valence-corrected chi connectivity index (χ3v) is 4.01. The molecule has 1 heteroatoms. The van der Waals surface area contributed by atoms with Crippen LogP contribution < -0.4 is 0 Å². The Kier molecular flexibility index (Phi) is 3.00. The molecule has 0 heterocycles. The van der Waals surface area contributed by atoms with Gasteiger partial charge in [0.15, 0.2) is 0 Å². The van der Waals surface area contributed by atoms with Crippen molar-refractivity contribution < 1.29 is 0 Å². The van der Waals surface area contributed by atoms with E-state index in [9.17, 15) is 0 Å². The average Bonchev–Trinajstić information content (AvgIpc) is 1.65. The Bertz CT molecular complexity index is 117. The van der Waals surface area contributed by atoms with Crippen LogP contribution in [-0.2, 0) is 0 Å². The summed E-state index contributed by atoms with van der Waals surface area (Å²) in [5, 5.41) is 0.391. The van der Waals surface area contributed by atoms with Gasteiger partial charge in [-0.2, -0.15) is 0 Å². The summed E-state index contributed by atoms with van der Waals surface area (Å²) in [6.07, 6.45) is 6.86. The Morgan fingerprint density at radius 1 is 1.44 bits per heavy atom. The summed E-state index contributed by atoms with van der Waals surface area (Å²) in [4.78, 5) is 0. The third kappa shape index (κ3) is 2.72. The molecule has 0 fully saturated rings. The van der Waals surface area contributed by atoms with Gasteiger partial charge in [0.2, 0.25) is 0 Å². The van der Waals surface area contributed by atoms with Gasteiger partial charge in [0.1, 0.15) is 9.52 Å². The minimum Gasteiger partial charge on any atom is -0.125 e. The second-order valence-corrected chi connectivity index (χ2v) is 6.03. The van der Waals surface area contributed by atoms with Gasteiger partial charge in [0.05, 0.1) is 0 Å². The summed E-state index contributed by atoms with van der Waals surface area (Å²) in [5.41, 5.74) is 2.58. The zero-order chi connectivity index (χ0) is 7.49. The van der Waals surface area contributed by atoms with Crippen LogP contribution in [0.2, 0.25) is 5.04 Å². The maximum atomic E-state index is 6.86. The van der Waals surface area contributed by atoms with E-state index in [4.69, 9.17) is 6.42 Å². The maximum absolute atomic E-state index is 6.86. The number of rotatable bonds is 2. The molecule has 0 aromatic rings. The van der Waals surface area contributed by atoms with Crippen LogP contribution in [0.5, 0.6) is 0 Å². The fraction of sp³-hybridized carbons (Fsp3) is 0.750. The van der Waals surface area contributed by atoms with Gasteiger partial charge in [-0.1, -0.05) is 27.7 Å². The van der Waals surface area contributed by atoms with Crippen LogP contribution in [0.15, 0.2) is 0 Å². The first kappa shape index (κ1) is 8.78. The van der Waals surface area contributed by atoms with Gasteiger partial charge in [0.25, 0.3) is 0 Å². The van der Waals surface area contributed by atoms with Crippen LogP contribution in [0.25, 0.3) is 0 Å². The monoisotopic (exact) mass is 139 g/mol. The van der Waals surface area contributed by atoms with Gasteiger partial charge >= 0.3 is 0 Å². The number of hydrogen-bond acceptors (Lipinski definition) is 0. The average molecular weight is 139 g/mol. The summed E-state index contributed by atoms with van der Waals surface area (Å²) < 4.78 is 0. The van der Waals surface area contributed by atoms with Crippen LogP contribution >= 0.6 is 0 Å². The van der Waals surface area contributed by atoms with Crippen molar-refractivity contribution in [2.45, 2.75) is 32.7 Å². The zero-order valence-electron chi connectivity index (χ0n) is 6.78. The van der Waals surface area contributed by atoms with Crippen molar-refractivity contribution in [1.29, 1.82) is 0 Å². The molecule has 0 unspecified atom stereocenters. The molecule has 0 amide bonds. The molecule has 0 saturated heterocycles. The summed E-state index contributed by atoms with van der Waals surface area (Å²) >= 11 is 0. The first-order chi connectivity index (χ1) is 4.00. The molecule has 0 N–H and O–H groups in total. The van der Waals surface area contributed by atoms with Crippen LogP contribution in [0.1, 0.15) is 27.7 Å². The highest BCUT2D eigenvalue weighted by molar-refractivity contribution is 6.49. The van der Waals surface area contributed by atoms with Crippen molar-refractivity contribution in [2.24, 2.45) is 5.92 Å². The van der Waals surface area contributed by atoms with E-state index in [1.807, 2.05) is 0 Å². The normalized spacial score (nSPS) is 12.9. The maximum Gasteiger partial charge on any atom is 0.114 e. The van der Waals surface area contributed by atoms with E-state index in [-0.39, 0.29) is 9.52 Å². The predicted octanol–water partition coefficient (Wildman–Crippen LogP) is 1.56. The van der Waals surface area contributed by atoms with Crippen LogP contribution in [0.3, 0.4) is 0 Å². The fourth-order valence-corrected chi connectivity index (χ4v) is 1.30. The van der Waals surface area contributed by atoms with Crippen molar-refractivity contribution in [3.05, 3.63) is 6.42 Å². The molecule has 0 saturated carbocycles. The molecule has 1 radical (unpaired) electrons. The summed E-state index contributed by atoms with van der Waals surface area (Å²) in [7, 11) is -0.381. The Balaban J connectivity index is 3.89. The van der Waals surface area contributed by atoms with Gasteiger partial charge < -0.3 is 0 Å².